The first-order valence-corrected chi connectivity index (χ1v) is 6.17. The Hall–Kier alpha value is -1.85. The molecule has 0 amide bonds. The van der Waals surface area contributed by atoms with Gasteiger partial charge >= 0.3 is 6.18 Å². The van der Waals surface area contributed by atoms with E-state index in [4.69, 9.17) is 0 Å². The number of anilines is 1. The van der Waals surface area contributed by atoms with E-state index in [9.17, 15) is 17.6 Å². The summed E-state index contributed by atoms with van der Waals surface area (Å²) in [6, 6.07) is 2.70. The summed E-state index contributed by atoms with van der Waals surface area (Å²) >= 11 is 0. The summed E-state index contributed by atoms with van der Waals surface area (Å²) in [5.41, 5.74) is -0.438. The van der Waals surface area contributed by atoms with Crippen molar-refractivity contribution >= 4 is 16.6 Å². The van der Waals surface area contributed by atoms with Gasteiger partial charge in [0.2, 0.25) is 0 Å². The Morgan fingerprint density at radius 3 is 2.35 bits per heavy atom. The van der Waals surface area contributed by atoms with Crippen LogP contribution in [0.1, 0.15) is 23.7 Å². The molecule has 0 saturated heterocycles. The molecule has 2 aromatic rings. The Morgan fingerprint density at radius 2 is 1.80 bits per heavy atom. The number of pyridine rings is 1. The molecule has 0 spiro atoms. The van der Waals surface area contributed by atoms with E-state index in [1.165, 1.54) is 26.0 Å². The fourth-order valence-corrected chi connectivity index (χ4v) is 2.22. The van der Waals surface area contributed by atoms with Crippen LogP contribution in [0.25, 0.3) is 10.9 Å². The largest absolute Gasteiger partial charge is 0.433 e. The van der Waals surface area contributed by atoms with Crippen LogP contribution in [-0.4, -0.2) is 11.5 Å². The summed E-state index contributed by atoms with van der Waals surface area (Å²) in [7, 11) is 0. The van der Waals surface area contributed by atoms with Crippen LogP contribution in [0.4, 0.5) is 23.2 Å². The van der Waals surface area contributed by atoms with Gasteiger partial charge in [0.1, 0.15) is 11.5 Å². The minimum absolute atomic E-state index is 0.0258. The summed E-state index contributed by atoms with van der Waals surface area (Å²) in [4.78, 5) is 3.64. The van der Waals surface area contributed by atoms with E-state index in [0.717, 1.165) is 0 Å². The summed E-state index contributed by atoms with van der Waals surface area (Å²) < 4.78 is 52.7. The number of alkyl halides is 3. The normalized spacial score (nSPS) is 11.9. The third-order valence-electron chi connectivity index (χ3n) is 3.21. The van der Waals surface area contributed by atoms with Crippen molar-refractivity contribution < 1.29 is 17.6 Å². The highest BCUT2D eigenvalue weighted by Gasteiger charge is 2.36. The van der Waals surface area contributed by atoms with Gasteiger partial charge in [0.05, 0.1) is 5.52 Å². The van der Waals surface area contributed by atoms with Gasteiger partial charge in [-0.25, -0.2) is 9.37 Å². The van der Waals surface area contributed by atoms with Gasteiger partial charge in [-0.05, 0) is 32.9 Å². The molecular formula is C14H14F4N2. The number of nitrogens with zero attached hydrogens (tertiary/aromatic N) is 1. The van der Waals surface area contributed by atoms with E-state index in [0.29, 0.717) is 17.6 Å². The predicted octanol–water partition coefficient (Wildman–Crippen LogP) is 4.44. The van der Waals surface area contributed by atoms with Gasteiger partial charge < -0.3 is 5.32 Å². The molecule has 1 N–H and O–H groups in total. The van der Waals surface area contributed by atoms with Gasteiger partial charge in [0.25, 0.3) is 0 Å². The first-order chi connectivity index (χ1) is 9.27. The van der Waals surface area contributed by atoms with Gasteiger partial charge in [-0.2, -0.15) is 13.2 Å². The zero-order valence-electron chi connectivity index (χ0n) is 11.3. The van der Waals surface area contributed by atoms with Gasteiger partial charge in [-0.1, -0.05) is 0 Å². The molecule has 108 valence electrons. The number of benzene rings is 1. The van der Waals surface area contributed by atoms with Crippen molar-refractivity contribution in [3.05, 3.63) is 34.8 Å². The van der Waals surface area contributed by atoms with Crippen LogP contribution < -0.4 is 5.32 Å². The molecular weight excluding hydrogens is 272 g/mol. The molecule has 0 aliphatic rings. The number of rotatable bonds is 2. The van der Waals surface area contributed by atoms with Gasteiger partial charge in [0, 0.05) is 28.7 Å². The van der Waals surface area contributed by atoms with Crippen molar-refractivity contribution in [2.45, 2.75) is 26.9 Å². The van der Waals surface area contributed by atoms with E-state index >= 15 is 0 Å². The molecule has 0 unspecified atom stereocenters. The number of hydrogen-bond donors (Lipinski definition) is 1. The van der Waals surface area contributed by atoms with E-state index in [1.807, 2.05) is 0 Å². The second-order valence-electron chi connectivity index (χ2n) is 4.56. The molecule has 1 aromatic carbocycles. The third kappa shape index (κ3) is 2.30. The monoisotopic (exact) mass is 286 g/mol. The Labute approximate surface area is 113 Å². The highest BCUT2D eigenvalue weighted by Crippen LogP contribution is 2.38. The molecule has 2 nitrogen and oxygen atoms in total. The molecule has 2 rings (SSSR count). The van der Waals surface area contributed by atoms with Crippen molar-refractivity contribution in [1.82, 2.24) is 4.98 Å². The fourth-order valence-electron chi connectivity index (χ4n) is 2.22. The quantitative estimate of drug-likeness (QED) is 0.825. The summed E-state index contributed by atoms with van der Waals surface area (Å²) in [6.45, 7) is 5.05. The number of hydrogen-bond acceptors (Lipinski definition) is 2. The third-order valence-corrected chi connectivity index (χ3v) is 3.21. The molecule has 20 heavy (non-hydrogen) atoms. The lowest BCUT2D eigenvalue weighted by Crippen LogP contribution is -2.14. The number of nitrogens with one attached hydrogen (secondary N) is 1. The topological polar surface area (TPSA) is 24.9 Å². The molecule has 0 fully saturated rings. The summed E-state index contributed by atoms with van der Waals surface area (Å²) in [5, 5.41) is 3.41. The molecule has 6 heteroatoms. The highest BCUT2D eigenvalue weighted by atomic mass is 19.4. The Morgan fingerprint density at radius 1 is 1.15 bits per heavy atom. The van der Waals surface area contributed by atoms with Crippen LogP contribution in [0.2, 0.25) is 0 Å². The molecule has 1 aromatic heterocycles. The number of aryl methyl sites for hydroxylation is 1. The van der Waals surface area contributed by atoms with E-state index in [1.54, 1.807) is 6.92 Å². The lowest BCUT2D eigenvalue weighted by molar-refractivity contribution is -0.141. The molecule has 0 atom stereocenters. The van der Waals surface area contributed by atoms with Crippen molar-refractivity contribution in [1.29, 1.82) is 0 Å². The number of halogens is 4. The van der Waals surface area contributed by atoms with Crippen LogP contribution in [0.3, 0.4) is 0 Å². The fraction of sp³-hybridized carbons (Fsp3) is 0.357. The minimum atomic E-state index is -4.57. The average molecular weight is 286 g/mol. The summed E-state index contributed by atoms with van der Waals surface area (Å²) in [5.74, 6) is -0.565. The van der Waals surface area contributed by atoms with Crippen molar-refractivity contribution in [2.75, 3.05) is 11.9 Å². The highest BCUT2D eigenvalue weighted by molar-refractivity contribution is 5.95. The molecule has 0 aliphatic carbocycles. The van der Waals surface area contributed by atoms with Crippen molar-refractivity contribution in [2.24, 2.45) is 0 Å². The van der Waals surface area contributed by atoms with Crippen LogP contribution in [-0.2, 0) is 6.18 Å². The Balaban J connectivity index is 2.91. The lowest BCUT2D eigenvalue weighted by Gasteiger charge is -2.18. The van der Waals surface area contributed by atoms with Gasteiger partial charge in [-0.3, -0.25) is 0 Å². The molecule has 0 aliphatic heterocycles. The predicted molar refractivity (Wildman–Crippen MR) is 70.3 cm³/mol. The first-order valence-electron chi connectivity index (χ1n) is 6.17. The summed E-state index contributed by atoms with van der Waals surface area (Å²) in [6.07, 6.45) is -4.57. The molecule has 1 heterocycles. The van der Waals surface area contributed by atoms with E-state index in [2.05, 4.69) is 10.3 Å². The first kappa shape index (κ1) is 14.6. The SMILES string of the molecule is CCNc1c(C)c(C(F)(F)F)nc2c(C)c(F)ccc12. The van der Waals surface area contributed by atoms with Crippen molar-refractivity contribution in [3.8, 4) is 0 Å². The van der Waals surface area contributed by atoms with Crippen LogP contribution in [0.15, 0.2) is 12.1 Å². The molecule has 0 bridgehead atoms. The van der Waals surface area contributed by atoms with E-state index < -0.39 is 17.7 Å². The van der Waals surface area contributed by atoms with Gasteiger partial charge in [-0.15, -0.1) is 0 Å². The second-order valence-corrected chi connectivity index (χ2v) is 4.56. The number of fused-ring (bicyclic) bond motifs is 1. The van der Waals surface area contributed by atoms with Crippen molar-refractivity contribution in [3.63, 3.8) is 0 Å². The second kappa shape index (κ2) is 4.92. The maximum atomic E-state index is 13.6. The Bertz CT molecular complexity index is 662. The van der Waals surface area contributed by atoms with Crippen LogP contribution in [0, 0.1) is 19.7 Å². The molecule has 0 radical (unpaired) electrons. The van der Waals surface area contributed by atoms with Crippen LogP contribution >= 0.6 is 0 Å². The van der Waals surface area contributed by atoms with Gasteiger partial charge in [0.15, 0.2) is 0 Å². The maximum absolute atomic E-state index is 13.6. The number of aromatic nitrogens is 1. The maximum Gasteiger partial charge on any atom is 0.433 e. The molecule has 0 saturated carbocycles. The zero-order valence-corrected chi connectivity index (χ0v) is 11.3. The zero-order chi connectivity index (χ0) is 15.1. The lowest BCUT2D eigenvalue weighted by atomic mass is 10.0. The Kier molecular flexibility index (Phi) is 3.58. The average Bonchev–Trinajstić information content (AvgIpc) is 2.35. The van der Waals surface area contributed by atoms with Crippen LogP contribution in [0.5, 0.6) is 0 Å². The van der Waals surface area contributed by atoms with E-state index in [-0.39, 0.29) is 16.6 Å². The standard InChI is InChI=1S/C14H14F4N2/c1-4-19-11-8(3)13(14(16,17)18)20-12-7(2)10(15)6-5-9(11)12/h5-6H,4H2,1-3H3,(H,19,20). The smallest absolute Gasteiger partial charge is 0.385 e. The minimum Gasteiger partial charge on any atom is -0.385 e.